The molecule has 0 radical (unpaired) electrons. The van der Waals surface area contributed by atoms with Crippen molar-refractivity contribution in [3.05, 3.63) is 27.2 Å². The molecule has 0 saturated carbocycles. The van der Waals surface area contributed by atoms with Gasteiger partial charge >= 0.3 is 5.69 Å². The second-order valence-corrected chi connectivity index (χ2v) is 4.12. The van der Waals surface area contributed by atoms with Crippen LogP contribution in [0.15, 0.2) is 15.9 Å². The van der Waals surface area contributed by atoms with Gasteiger partial charge < -0.3 is 14.5 Å². The smallest absolute Gasteiger partial charge is 0.332 e. The molecule has 2 rings (SSSR count). The average Bonchev–Trinajstić information content (AvgIpc) is 2.79. The van der Waals surface area contributed by atoms with Crippen LogP contribution in [-0.4, -0.2) is 24.7 Å². The van der Waals surface area contributed by atoms with Crippen molar-refractivity contribution >= 4 is 17.1 Å². The molecule has 0 atom stereocenters. The van der Waals surface area contributed by atoms with E-state index in [4.69, 9.17) is 0 Å². The fraction of sp³-hybridized carbons (Fsp3) is 0.455. The van der Waals surface area contributed by atoms with Crippen molar-refractivity contribution in [3.8, 4) is 0 Å². The number of carboxylic acids is 1. The Balaban J connectivity index is 2.74. The molecule has 19 heavy (non-hydrogen) atoms. The molecule has 0 unspecified atom stereocenters. The van der Waals surface area contributed by atoms with Crippen molar-refractivity contribution < 1.29 is 9.90 Å². The molecule has 0 saturated heterocycles. The first-order chi connectivity index (χ1) is 8.97. The minimum atomic E-state index is -1.31. The summed E-state index contributed by atoms with van der Waals surface area (Å²) in [6.07, 6.45) is 1.09. The zero-order valence-electron chi connectivity index (χ0n) is 10.6. The molecule has 2 aromatic heterocycles. The predicted molar refractivity (Wildman–Crippen MR) is 64.5 cm³/mol. The van der Waals surface area contributed by atoms with Gasteiger partial charge in [-0.25, -0.2) is 9.78 Å². The van der Waals surface area contributed by atoms with Gasteiger partial charge in [-0.2, -0.15) is 0 Å². The first kappa shape index (κ1) is 13.1. The van der Waals surface area contributed by atoms with Crippen molar-refractivity contribution in [1.29, 1.82) is 0 Å². The summed E-state index contributed by atoms with van der Waals surface area (Å²) in [5, 5.41) is 10.5. The second-order valence-electron chi connectivity index (χ2n) is 4.12. The van der Waals surface area contributed by atoms with E-state index in [1.807, 2.05) is 6.92 Å². The molecule has 0 amide bonds. The van der Waals surface area contributed by atoms with E-state index in [0.717, 1.165) is 4.57 Å². The van der Waals surface area contributed by atoms with Gasteiger partial charge in [0, 0.05) is 32.5 Å². The van der Waals surface area contributed by atoms with Crippen LogP contribution in [0.3, 0.4) is 0 Å². The number of hydrogen-bond donors (Lipinski definition) is 0. The average molecular weight is 265 g/mol. The van der Waals surface area contributed by atoms with E-state index in [9.17, 15) is 19.5 Å². The monoisotopic (exact) mass is 265 g/mol. The Morgan fingerprint density at radius 3 is 2.68 bits per heavy atom. The maximum absolute atomic E-state index is 12.2. The summed E-state index contributed by atoms with van der Waals surface area (Å²) < 4.78 is 3.75. The third-order valence-electron chi connectivity index (χ3n) is 2.98. The SMILES string of the molecule is CCn1cnc2c1c(=O)n(CCC(=O)[O-])c(=O)n2C. The zero-order chi connectivity index (χ0) is 14.2. The fourth-order valence-corrected chi connectivity index (χ4v) is 1.96. The molecule has 0 aromatic carbocycles. The molecule has 0 aliphatic rings. The summed E-state index contributed by atoms with van der Waals surface area (Å²) in [4.78, 5) is 38.7. The first-order valence-corrected chi connectivity index (χ1v) is 5.81. The summed E-state index contributed by atoms with van der Waals surface area (Å²) in [6, 6.07) is 0. The van der Waals surface area contributed by atoms with Gasteiger partial charge in [-0.15, -0.1) is 0 Å². The molecule has 102 valence electrons. The number of carbonyl (C=O) groups is 1. The van der Waals surface area contributed by atoms with Gasteiger partial charge in [-0.3, -0.25) is 13.9 Å². The highest BCUT2D eigenvalue weighted by Gasteiger charge is 2.15. The van der Waals surface area contributed by atoms with Crippen LogP contribution in [0.5, 0.6) is 0 Å². The number of imidazole rings is 1. The molecule has 2 heterocycles. The van der Waals surface area contributed by atoms with Crippen molar-refractivity contribution in [3.63, 3.8) is 0 Å². The Morgan fingerprint density at radius 2 is 2.11 bits per heavy atom. The van der Waals surface area contributed by atoms with Gasteiger partial charge in [0.1, 0.15) is 0 Å². The van der Waals surface area contributed by atoms with E-state index in [1.54, 1.807) is 4.57 Å². The normalized spacial score (nSPS) is 11.1. The van der Waals surface area contributed by atoms with E-state index >= 15 is 0 Å². The predicted octanol–water partition coefficient (Wildman–Crippen LogP) is -1.94. The lowest BCUT2D eigenvalue weighted by Gasteiger charge is -2.09. The first-order valence-electron chi connectivity index (χ1n) is 5.81. The lowest BCUT2D eigenvalue weighted by molar-refractivity contribution is -0.305. The topological polar surface area (TPSA) is 102 Å². The standard InChI is InChI=1S/C11H14N4O4/c1-3-14-6-12-9-8(14)10(18)15(5-4-7(16)17)11(19)13(9)2/h6H,3-5H2,1-2H3,(H,16,17)/p-1. The highest BCUT2D eigenvalue weighted by Crippen LogP contribution is 2.05. The number of nitrogens with zero attached hydrogens (tertiary/aromatic N) is 4. The third kappa shape index (κ3) is 2.05. The van der Waals surface area contributed by atoms with Crippen LogP contribution < -0.4 is 16.4 Å². The Morgan fingerprint density at radius 1 is 1.42 bits per heavy atom. The van der Waals surface area contributed by atoms with Crippen LogP contribution in [0.2, 0.25) is 0 Å². The molecule has 2 aromatic rings. The largest absolute Gasteiger partial charge is 0.550 e. The van der Waals surface area contributed by atoms with Crippen LogP contribution in [0.4, 0.5) is 0 Å². The van der Waals surface area contributed by atoms with Crippen molar-refractivity contribution in [2.75, 3.05) is 0 Å². The molecule has 0 spiro atoms. The van der Waals surface area contributed by atoms with Gasteiger partial charge in [-0.1, -0.05) is 0 Å². The number of aryl methyl sites for hydroxylation is 2. The lowest BCUT2D eigenvalue weighted by atomic mass is 10.4. The van der Waals surface area contributed by atoms with E-state index in [-0.39, 0.29) is 13.0 Å². The molecular formula is C11H13N4O4-. The summed E-state index contributed by atoms with van der Waals surface area (Å²) in [5.41, 5.74) is -0.525. The van der Waals surface area contributed by atoms with Gasteiger partial charge in [0.2, 0.25) is 0 Å². The van der Waals surface area contributed by atoms with Gasteiger partial charge in [0.15, 0.2) is 11.2 Å². The Kier molecular flexibility index (Phi) is 3.24. The Labute approximate surface area is 107 Å². The number of aliphatic carboxylic acids is 1. The summed E-state index contributed by atoms with van der Waals surface area (Å²) in [6.45, 7) is 2.17. The molecule has 0 fully saturated rings. The number of carboxylic acid groups (broad SMARTS) is 1. The van der Waals surface area contributed by atoms with E-state index in [1.165, 1.54) is 17.9 Å². The van der Waals surface area contributed by atoms with Crippen LogP contribution >= 0.6 is 0 Å². The Hall–Kier alpha value is -2.38. The maximum Gasteiger partial charge on any atom is 0.332 e. The third-order valence-corrected chi connectivity index (χ3v) is 2.98. The summed E-state index contributed by atoms with van der Waals surface area (Å²) in [7, 11) is 1.49. The molecule has 0 aliphatic carbocycles. The van der Waals surface area contributed by atoms with Crippen LogP contribution in [0, 0.1) is 0 Å². The number of rotatable bonds is 4. The van der Waals surface area contributed by atoms with Crippen LogP contribution in [-0.2, 0) is 24.9 Å². The number of fused-ring (bicyclic) bond motifs is 1. The molecule has 0 aliphatic heterocycles. The minimum Gasteiger partial charge on any atom is -0.550 e. The number of aromatic nitrogens is 4. The minimum absolute atomic E-state index is 0.210. The number of carbonyl (C=O) groups excluding carboxylic acids is 1. The molecule has 0 bridgehead atoms. The van der Waals surface area contributed by atoms with Crippen molar-refractivity contribution in [2.24, 2.45) is 7.05 Å². The second kappa shape index (κ2) is 4.71. The fourth-order valence-electron chi connectivity index (χ4n) is 1.96. The van der Waals surface area contributed by atoms with Gasteiger partial charge in [-0.05, 0) is 6.92 Å². The molecule has 8 heteroatoms. The number of hydrogen-bond acceptors (Lipinski definition) is 5. The quantitative estimate of drug-likeness (QED) is 0.639. The van der Waals surface area contributed by atoms with Crippen molar-refractivity contribution in [2.45, 2.75) is 26.4 Å². The molecule has 8 nitrogen and oxygen atoms in total. The van der Waals surface area contributed by atoms with E-state index < -0.39 is 17.2 Å². The van der Waals surface area contributed by atoms with Crippen molar-refractivity contribution in [1.82, 2.24) is 18.7 Å². The zero-order valence-corrected chi connectivity index (χ0v) is 10.6. The van der Waals surface area contributed by atoms with Gasteiger partial charge in [0.05, 0.1) is 6.33 Å². The molecular weight excluding hydrogens is 252 g/mol. The summed E-state index contributed by atoms with van der Waals surface area (Å²) >= 11 is 0. The molecule has 0 N–H and O–H groups in total. The highest BCUT2D eigenvalue weighted by molar-refractivity contribution is 5.70. The maximum atomic E-state index is 12.2. The van der Waals surface area contributed by atoms with Crippen LogP contribution in [0.1, 0.15) is 13.3 Å². The van der Waals surface area contributed by atoms with Gasteiger partial charge in [0.25, 0.3) is 5.56 Å². The van der Waals surface area contributed by atoms with E-state index in [2.05, 4.69) is 4.98 Å². The van der Waals surface area contributed by atoms with E-state index in [0.29, 0.717) is 17.7 Å². The highest BCUT2D eigenvalue weighted by atomic mass is 16.4. The van der Waals surface area contributed by atoms with Crippen LogP contribution in [0.25, 0.3) is 11.2 Å². The Bertz CT molecular complexity index is 752. The summed E-state index contributed by atoms with van der Waals surface area (Å²) in [5.74, 6) is -1.31. The lowest BCUT2D eigenvalue weighted by Crippen LogP contribution is -2.41.